The summed E-state index contributed by atoms with van der Waals surface area (Å²) < 4.78 is 32.6. The van der Waals surface area contributed by atoms with Gasteiger partial charge in [0.2, 0.25) is 10.0 Å². The zero-order valence-corrected chi connectivity index (χ0v) is 18.5. The highest BCUT2D eigenvalue weighted by molar-refractivity contribution is 7.89. The molecule has 0 radical (unpaired) electrons. The van der Waals surface area contributed by atoms with E-state index in [1.54, 1.807) is 29.2 Å². The van der Waals surface area contributed by atoms with Crippen LogP contribution >= 0.6 is 0 Å². The van der Waals surface area contributed by atoms with Gasteiger partial charge in [-0.1, -0.05) is 30.3 Å². The van der Waals surface area contributed by atoms with Gasteiger partial charge in [-0.25, -0.2) is 18.4 Å². The van der Waals surface area contributed by atoms with Gasteiger partial charge in [0, 0.05) is 44.1 Å². The van der Waals surface area contributed by atoms with E-state index >= 15 is 0 Å². The van der Waals surface area contributed by atoms with Crippen molar-refractivity contribution in [3.05, 3.63) is 72.6 Å². The molecule has 0 atom stereocenters. The van der Waals surface area contributed by atoms with Crippen molar-refractivity contribution in [3.63, 3.8) is 0 Å². The van der Waals surface area contributed by atoms with Crippen molar-refractivity contribution in [1.82, 2.24) is 19.2 Å². The third-order valence-corrected chi connectivity index (χ3v) is 7.14. The lowest BCUT2D eigenvalue weighted by atomic mass is 10.2. The number of hydrogen-bond acceptors (Lipinski definition) is 6. The standard InChI is InChI=1S/C23H24N4O4S/c1-2-31-20-8-10-21(11-9-20)32(29,30)27-14-12-26(13-15-27)23(28)19-16-24-22(25-17-19)18-6-4-3-5-7-18/h3-11,16-17H,2,12-15H2,1H3. The quantitative estimate of drug-likeness (QED) is 0.571. The molecule has 0 aliphatic carbocycles. The minimum Gasteiger partial charge on any atom is -0.494 e. The van der Waals surface area contributed by atoms with Crippen molar-refractivity contribution in [1.29, 1.82) is 0 Å². The summed E-state index contributed by atoms with van der Waals surface area (Å²) in [5.74, 6) is 0.971. The molecule has 0 saturated carbocycles. The Labute approximate surface area is 187 Å². The average molecular weight is 453 g/mol. The monoisotopic (exact) mass is 452 g/mol. The number of sulfonamides is 1. The predicted octanol–water partition coefficient (Wildman–Crippen LogP) is 2.69. The van der Waals surface area contributed by atoms with Crippen LogP contribution in [0.3, 0.4) is 0 Å². The molecule has 32 heavy (non-hydrogen) atoms. The van der Waals surface area contributed by atoms with Gasteiger partial charge < -0.3 is 9.64 Å². The fourth-order valence-electron chi connectivity index (χ4n) is 3.51. The molecule has 1 saturated heterocycles. The summed E-state index contributed by atoms with van der Waals surface area (Å²) in [7, 11) is -3.63. The van der Waals surface area contributed by atoms with E-state index in [-0.39, 0.29) is 23.9 Å². The largest absolute Gasteiger partial charge is 0.494 e. The zero-order valence-electron chi connectivity index (χ0n) is 17.7. The number of aromatic nitrogens is 2. The SMILES string of the molecule is CCOc1ccc(S(=O)(=O)N2CCN(C(=O)c3cnc(-c4ccccc4)nc3)CC2)cc1. The first-order valence-electron chi connectivity index (χ1n) is 10.4. The van der Waals surface area contributed by atoms with Crippen LogP contribution in [0.25, 0.3) is 11.4 Å². The number of nitrogens with zero attached hydrogens (tertiary/aromatic N) is 4. The first kappa shape index (κ1) is 21.9. The summed E-state index contributed by atoms with van der Waals surface area (Å²) in [6, 6.07) is 15.9. The average Bonchev–Trinajstić information content (AvgIpc) is 2.85. The Morgan fingerprint density at radius 1 is 0.938 bits per heavy atom. The molecule has 0 N–H and O–H groups in total. The van der Waals surface area contributed by atoms with Crippen LogP contribution in [-0.4, -0.2) is 66.3 Å². The second-order valence-electron chi connectivity index (χ2n) is 7.26. The molecular formula is C23H24N4O4S. The van der Waals surface area contributed by atoms with Crippen molar-refractivity contribution in [2.24, 2.45) is 0 Å². The summed E-state index contributed by atoms with van der Waals surface area (Å²) in [6.07, 6.45) is 3.03. The normalized spacial score (nSPS) is 14.8. The van der Waals surface area contributed by atoms with Crippen LogP contribution in [0, 0.1) is 0 Å². The Kier molecular flexibility index (Phi) is 6.48. The van der Waals surface area contributed by atoms with Gasteiger partial charge >= 0.3 is 0 Å². The van der Waals surface area contributed by atoms with Crippen molar-refractivity contribution >= 4 is 15.9 Å². The van der Waals surface area contributed by atoms with Gasteiger partial charge in [-0.3, -0.25) is 4.79 Å². The van der Waals surface area contributed by atoms with Crippen LogP contribution < -0.4 is 4.74 Å². The van der Waals surface area contributed by atoms with Gasteiger partial charge in [0.1, 0.15) is 5.75 Å². The molecule has 9 heteroatoms. The number of hydrogen-bond donors (Lipinski definition) is 0. The fourth-order valence-corrected chi connectivity index (χ4v) is 4.93. The summed E-state index contributed by atoms with van der Waals surface area (Å²) in [5.41, 5.74) is 1.26. The number of rotatable bonds is 6. The molecule has 2 heterocycles. The highest BCUT2D eigenvalue weighted by Crippen LogP contribution is 2.21. The van der Waals surface area contributed by atoms with Gasteiger partial charge in [-0.15, -0.1) is 0 Å². The van der Waals surface area contributed by atoms with Crippen LogP contribution in [0.1, 0.15) is 17.3 Å². The first-order chi connectivity index (χ1) is 15.5. The number of carbonyl (C=O) groups is 1. The number of piperazine rings is 1. The molecule has 4 rings (SSSR count). The van der Waals surface area contributed by atoms with E-state index in [2.05, 4.69) is 9.97 Å². The third kappa shape index (κ3) is 4.63. The van der Waals surface area contributed by atoms with Crippen LogP contribution in [0.5, 0.6) is 5.75 Å². The second-order valence-corrected chi connectivity index (χ2v) is 9.20. The molecule has 1 aliphatic rings. The molecule has 1 aromatic heterocycles. The predicted molar refractivity (Wildman–Crippen MR) is 120 cm³/mol. The molecule has 1 fully saturated rings. The van der Waals surface area contributed by atoms with Crippen molar-refractivity contribution in [3.8, 4) is 17.1 Å². The second kappa shape index (κ2) is 9.46. The van der Waals surface area contributed by atoms with Crippen LogP contribution in [-0.2, 0) is 10.0 Å². The topological polar surface area (TPSA) is 92.7 Å². The minimum atomic E-state index is -3.63. The summed E-state index contributed by atoms with van der Waals surface area (Å²) >= 11 is 0. The van der Waals surface area contributed by atoms with E-state index < -0.39 is 10.0 Å². The molecule has 1 amide bonds. The summed E-state index contributed by atoms with van der Waals surface area (Å²) in [6.45, 7) is 3.44. The third-order valence-electron chi connectivity index (χ3n) is 5.23. The summed E-state index contributed by atoms with van der Waals surface area (Å²) in [5, 5.41) is 0. The lowest BCUT2D eigenvalue weighted by molar-refractivity contribution is 0.0697. The number of ether oxygens (including phenoxy) is 1. The minimum absolute atomic E-state index is 0.206. The van der Waals surface area contributed by atoms with Crippen molar-refractivity contribution < 1.29 is 17.9 Å². The van der Waals surface area contributed by atoms with Gasteiger partial charge in [0.15, 0.2) is 5.82 Å². The van der Waals surface area contributed by atoms with E-state index in [9.17, 15) is 13.2 Å². The smallest absolute Gasteiger partial charge is 0.257 e. The Balaban J connectivity index is 1.39. The lowest BCUT2D eigenvalue weighted by Gasteiger charge is -2.34. The van der Waals surface area contributed by atoms with E-state index in [1.807, 2.05) is 37.3 Å². The van der Waals surface area contributed by atoms with Gasteiger partial charge in [-0.05, 0) is 31.2 Å². The number of carbonyl (C=O) groups excluding carboxylic acids is 1. The van der Waals surface area contributed by atoms with E-state index in [1.165, 1.54) is 16.7 Å². The lowest BCUT2D eigenvalue weighted by Crippen LogP contribution is -2.50. The molecule has 2 aromatic carbocycles. The molecule has 8 nitrogen and oxygen atoms in total. The maximum atomic E-state index is 12.9. The van der Waals surface area contributed by atoms with Crippen LogP contribution in [0.15, 0.2) is 71.9 Å². The number of amides is 1. The molecular weight excluding hydrogens is 428 g/mol. The van der Waals surface area contributed by atoms with E-state index in [0.29, 0.717) is 36.8 Å². The Bertz CT molecular complexity index is 1160. The van der Waals surface area contributed by atoms with Crippen LogP contribution in [0.2, 0.25) is 0 Å². The Morgan fingerprint density at radius 3 is 2.16 bits per heavy atom. The van der Waals surface area contributed by atoms with E-state index in [4.69, 9.17) is 4.74 Å². The van der Waals surface area contributed by atoms with Gasteiger partial charge in [0.05, 0.1) is 17.1 Å². The van der Waals surface area contributed by atoms with Crippen molar-refractivity contribution in [2.75, 3.05) is 32.8 Å². The van der Waals surface area contributed by atoms with E-state index in [0.717, 1.165) is 5.56 Å². The number of benzene rings is 2. The molecule has 3 aromatic rings. The highest BCUT2D eigenvalue weighted by atomic mass is 32.2. The van der Waals surface area contributed by atoms with Crippen molar-refractivity contribution in [2.45, 2.75) is 11.8 Å². The molecule has 1 aliphatic heterocycles. The molecule has 0 unspecified atom stereocenters. The Morgan fingerprint density at radius 2 is 1.56 bits per heavy atom. The Hall–Kier alpha value is -3.30. The molecule has 0 bridgehead atoms. The highest BCUT2D eigenvalue weighted by Gasteiger charge is 2.30. The fraction of sp³-hybridized carbons (Fsp3) is 0.261. The first-order valence-corrected chi connectivity index (χ1v) is 11.8. The van der Waals surface area contributed by atoms with Gasteiger partial charge in [-0.2, -0.15) is 4.31 Å². The van der Waals surface area contributed by atoms with Gasteiger partial charge in [0.25, 0.3) is 5.91 Å². The molecule has 166 valence electrons. The molecule has 0 spiro atoms. The van der Waals surface area contributed by atoms with Crippen LogP contribution in [0.4, 0.5) is 0 Å². The zero-order chi connectivity index (χ0) is 22.6. The maximum absolute atomic E-state index is 12.9. The summed E-state index contributed by atoms with van der Waals surface area (Å²) in [4.78, 5) is 23.3. The maximum Gasteiger partial charge on any atom is 0.257 e.